The van der Waals surface area contributed by atoms with Crippen molar-refractivity contribution in [2.24, 2.45) is 11.8 Å². The second kappa shape index (κ2) is 9.22. The highest BCUT2D eigenvalue weighted by atomic mass is 16.5. The van der Waals surface area contributed by atoms with Crippen molar-refractivity contribution in [2.45, 2.75) is 44.8 Å². The maximum Gasteiger partial charge on any atom is 0.222 e. The molecule has 1 saturated heterocycles. The second-order valence-corrected chi connectivity index (χ2v) is 7.64. The number of para-hydroxylation sites is 1. The Kier molecular flexibility index (Phi) is 6.72. The zero-order valence-corrected chi connectivity index (χ0v) is 16.2. The van der Waals surface area contributed by atoms with Gasteiger partial charge in [-0.3, -0.25) is 9.59 Å². The fourth-order valence-corrected chi connectivity index (χ4v) is 4.38. The number of hydrogen-bond acceptors (Lipinski definition) is 4. The molecule has 27 heavy (non-hydrogen) atoms. The Morgan fingerprint density at radius 1 is 1.15 bits per heavy atom. The molecule has 1 N–H and O–H groups in total. The molecular weight excluding hydrogens is 344 g/mol. The van der Waals surface area contributed by atoms with Gasteiger partial charge in [0, 0.05) is 33.5 Å². The predicted octanol–water partition coefficient (Wildman–Crippen LogP) is 2.23. The highest BCUT2D eigenvalue weighted by Crippen LogP contribution is 2.37. The minimum Gasteiger partial charge on any atom is -0.494 e. The summed E-state index contributed by atoms with van der Waals surface area (Å²) in [5.41, 5.74) is 0. The molecule has 2 aliphatic rings. The van der Waals surface area contributed by atoms with E-state index in [4.69, 9.17) is 9.47 Å². The number of nitrogens with zero attached hydrogens (tertiary/aromatic N) is 1. The van der Waals surface area contributed by atoms with Crippen molar-refractivity contribution >= 4 is 11.8 Å². The number of fused-ring (bicyclic) bond motifs is 1. The van der Waals surface area contributed by atoms with Crippen LogP contribution in [-0.4, -0.2) is 55.7 Å². The van der Waals surface area contributed by atoms with Crippen LogP contribution in [0.3, 0.4) is 0 Å². The number of likely N-dealkylation sites (tertiary alicyclic amines) is 1. The second-order valence-electron chi connectivity index (χ2n) is 7.64. The number of amides is 2. The molecule has 148 valence electrons. The fraction of sp³-hybridized carbons (Fsp3) is 0.619. The number of nitrogens with one attached hydrogen (secondary N) is 1. The summed E-state index contributed by atoms with van der Waals surface area (Å²) >= 11 is 0. The van der Waals surface area contributed by atoms with Gasteiger partial charge in [-0.25, -0.2) is 0 Å². The Bertz CT molecular complexity index is 636. The molecule has 0 radical (unpaired) electrons. The lowest BCUT2D eigenvalue weighted by molar-refractivity contribution is -0.130. The SMILES string of the molecule is CO[C@@H]1C[C@H]2CN(C(=O)CCCOc3ccccc3)C[C@H]2C[C@H]1NC(C)=O. The molecule has 0 bridgehead atoms. The third kappa shape index (κ3) is 5.22. The summed E-state index contributed by atoms with van der Waals surface area (Å²) < 4.78 is 11.3. The average Bonchev–Trinajstić information content (AvgIpc) is 3.07. The molecule has 1 aromatic rings. The molecule has 1 heterocycles. The van der Waals surface area contributed by atoms with Crippen molar-refractivity contribution in [1.82, 2.24) is 10.2 Å². The van der Waals surface area contributed by atoms with Gasteiger partial charge in [-0.15, -0.1) is 0 Å². The molecular formula is C21H30N2O4. The van der Waals surface area contributed by atoms with Gasteiger partial charge in [0.1, 0.15) is 5.75 Å². The van der Waals surface area contributed by atoms with Gasteiger partial charge in [0.25, 0.3) is 0 Å². The van der Waals surface area contributed by atoms with Crippen LogP contribution >= 0.6 is 0 Å². The van der Waals surface area contributed by atoms with Crippen molar-refractivity contribution in [3.8, 4) is 5.75 Å². The zero-order chi connectivity index (χ0) is 19.2. The van der Waals surface area contributed by atoms with Crippen molar-refractivity contribution in [1.29, 1.82) is 0 Å². The Hall–Kier alpha value is -2.08. The molecule has 0 unspecified atom stereocenters. The van der Waals surface area contributed by atoms with Crippen LogP contribution < -0.4 is 10.1 Å². The Morgan fingerprint density at radius 3 is 2.52 bits per heavy atom. The van der Waals surface area contributed by atoms with Gasteiger partial charge < -0.3 is 19.7 Å². The van der Waals surface area contributed by atoms with E-state index in [1.54, 1.807) is 14.0 Å². The van der Waals surface area contributed by atoms with E-state index < -0.39 is 0 Å². The van der Waals surface area contributed by atoms with E-state index in [0.717, 1.165) is 38.1 Å². The highest BCUT2D eigenvalue weighted by molar-refractivity contribution is 5.76. The number of benzene rings is 1. The summed E-state index contributed by atoms with van der Waals surface area (Å²) in [7, 11) is 1.70. The van der Waals surface area contributed by atoms with Crippen LogP contribution in [0.15, 0.2) is 30.3 Å². The quantitative estimate of drug-likeness (QED) is 0.743. The van der Waals surface area contributed by atoms with E-state index in [1.807, 2.05) is 35.2 Å². The van der Waals surface area contributed by atoms with Crippen LogP contribution in [0.5, 0.6) is 5.75 Å². The molecule has 3 rings (SSSR count). The van der Waals surface area contributed by atoms with Crippen molar-refractivity contribution in [3.63, 3.8) is 0 Å². The van der Waals surface area contributed by atoms with E-state index >= 15 is 0 Å². The Labute approximate surface area is 161 Å². The number of carbonyl (C=O) groups excluding carboxylic acids is 2. The Morgan fingerprint density at radius 2 is 1.85 bits per heavy atom. The van der Waals surface area contributed by atoms with Crippen LogP contribution in [0.25, 0.3) is 0 Å². The molecule has 1 aliphatic heterocycles. The van der Waals surface area contributed by atoms with E-state index in [2.05, 4.69) is 5.32 Å². The van der Waals surface area contributed by atoms with Gasteiger partial charge in [0.2, 0.25) is 11.8 Å². The summed E-state index contributed by atoms with van der Waals surface area (Å²) in [5.74, 6) is 1.92. The minimum atomic E-state index is -0.0233. The number of carbonyl (C=O) groups is 2. The molecule has 1 aliphatic carbocycles. The lowest BCUT2D eigenvalue weighted by Crippen LogP contribution is -2.49. The maximum atomic E-state index is 12.6. The molecule has 2 amide bonds. The molecule has 6 heteroatoms. The molecule has 2 fully saturated rings. The van der Waals surface area contributed by atoms with Crippen LogP contribution in [0.4, 0.5) is 0 Å². The van der Waals surface area contributed by atoms with Crippen LogP contribution in [0, 0.1) is 11.8 Å². The highest BCUT2D eigenvalue weighted by Gasteiger charge is 2.43. The lowest BCUT2D eigenvalue weighted by atomic mass is 9.77. The van der Waals surface area contributed by atoms with E-state index in [-0.39, 0.29) is 24.0 Å². The maximum absolute atomic E-state index is 12.6. The third-order valence-corrected chi connectivity index (χ3v) is 5.71. The largest absolute Gasteiger partial charge is 0.494 e. The minimum absolute atomic E-state index is 0.0233. The lowest BCUT2D eigenvalue weighted by Gasteiger charge is -2.37. The van der Waals surface area contributed by atoms with Gasteiger partial charge in [-0.2, -0.15) is 0 Å². The summed E-state index contributed by atoms with van der Waals surface area (Å²) in [6, 6.07) is 9.72. The molecule has 0 spiro atoms. The number of methoxy groups -OCH3 is 1. The monoisotopic (exact) mass is 374 g/mol. The topological polar surface area (TPSA) is 67.9 Å². The standard InChI is InChI=1S/C21H30N2O4/c1-15(24)22-19-11-16-13-23(14-17(16)12-20(19)26-2)21(25)9-6-10-27-18-7-4-3-5-8-18/h3-5,7-8,16-17,19-20H,6,9-14H2,1-2H3,(H,22,24)/t16-,17+,19-,20-/m1/s1. The first kappa shape index (κ1) is 19.7. The summed E-state index contributed by atoms with van der Waals surface area (Å²) in [6.45, 7) is 3.68. The van der Waals surface area contributed by atoms with Crippen LogP contribution in [0.2, 0.25) is 0 Å². The fourth-order valence-electron chi connectivity index (χ4n) is 4.38. The summed E-state index contributed by atoms with van der Waals surface area (Å²) in [6.07, 6.45) is 3.03. The summed E-state index contributed by atoms with van der Waals surface area (Å²) in [5, 5.41) is 3.01. The van der Waals surface area contributed by atoms with Crippen molar-refractivity contribution in [2.75, 3.05) is 26.8 Å². The van der Waals surface area contributed by atoms with E-state index in [9.17, 15) is 9.59 Å². The first-order valence-corrected chi connectivity index (χ1v) is 9.82. The third-order valence-electron chi connectivity index (χ3n) is 5.71. The molecule has 4 atom stereocenters. The smallest absolute Gasteiger partial charge is 0.222 e. The van der Waals surface area contributed by atoms with Crippen molar-refractivity contribution in [3.05, 3.63) is 30.3 Å². The molecule has 1 aromatic carbocycles. The molecule has 1 saturated carbocycles. The predicted molar refractivity (Wildman–Crippen MR) is 102 cm³/mol. The summed E-state index contributed by atoms with van der Waals surface area (Å²) in [4.78, 5) is 26.0. The first-order valence-electron chi connectivity index (χ1n) is 9.82. The normalized spacial score (nSPS) is 27.1. The zero-order valence-electron chi connectivity index (χ0n) is 16.2. The number of ether oxygens (including phenoxy) is 2. The number of rotatable bonds is 7. The molecule has 6 nitrogen and oxygen atoms in total. The average molecular weight is 374 g/mol. The van der Waals surface area contributed by atoms with Gasteiger partial charge in [-0.05, 0) is 43.2 Å². The van der Waals surface area contributed by atoms with E-state index in [1.165, 1.54) is 0 Å². The Balaban J connectivity index is 1.44. The van der Waals surface area contributed by atoms with E-state index in [0.29, 0.717) is 24.9 Å². The van der Waals surface area contributed by atoms with Crippen LogP contribution in [-0.2, 0) is 14.3 Å². The van der Waals surface area contributed by atoms with Gasteiger partial charge in [0.15, 0.2) is 0 Å². The number of hydrogen-bond donors (Lipinski definition) is 1. The van der Waals surface area contributed by atoms with Gasteiger partial charge in [0.05, 0.1) is 18.8 Å². The van der Waals surface area contributed by atoms with Gasteiger partial charge >= 0.3 is 0 Å². The first-order chi connectivity index (χ1) is 13.1. The van der Waals surface area contributed by atoms with Crippen molar-refractivity contribution < 1.29 is 19.1 Å². The van der Waals surface area contributed by atoms with Gasteiger partial charge in [-0.1, -0.05) is 18.2 Å². The van der Waals surface area contributed by atoms with Crippen LogP contribution in [0.1, 0.15) is 32.6 Å². The molecule has 0 aromatic heterocycles.